The molecular weight excluding hydrogens is 394 g/mol. The van der Waals surface area contributed by atoms with Gasteiger partial charge in [-0.3, -0.25) is 9.59 Å². The number of hydrogen-bond acceptors (Lipinski definition) is 6. The highest BCUT2D eigenvalue weighted by Crippen LogP contribution is 2.30. The molecule has 1 amide bonds. The van der Waals surface area contributed by atoms with Gasteiger partial charge in [0.2, 0.25) is 0 Å². The van der Waals surface area contributed by atoms with E-state index in [4.69, 9.17) is 14.6 Å². The number of nitrogens with zero attached hydrogens (tertiary/aromatic N) is 1. The van der Waals surface area contributed by atoms with Crippen molar-refractivity contribution in [3.05, 3.63) is 51.7 Å². The fourth-order valence-electron chi connectivity index (χ4n) is 2.44. The van der Waals surface area contributed by atoms with Crippen molar-refractivity contribution in [3.8, 4) is 11.5 Å². The van der Waals surface area contributed by atoms with E-state index in [1.807, 2.05) is 6.92 Å². The molecule has 0 fully saturated rings. The number of carbonyl (C=O) groups is 3. The van der Waals surface area contributed by atoms with Crippen LogP contribution in [0.1, 0.15) is 38.8 Å². The Bertz CT molecular complexity index is 931. The van der Waals surface area contributed by atoms with Gasteiger partial charge >= 0.3 is 5.97 Å². The van der Waals surface area contributed by atoms with Crippen molar-refractivity contribution < 1.29 is 29.0 Å². The topological polar surface area (TPSA) is 93.1 Å². The van der Waals surface area contributed by atoms with Gasteiger partial charge in [0.15, 0.2) is 23.4 Å². The molecule has 0 spiro atoms. The number of carboxylic acids is 1. The number of ketones is 1. The van der Waals surface area contributed by atoms with E-state index in [1.54, 1.807) is 45.3 Å². The number of carboxylic acid groups (broad SMARTS) is 1. The molecule has 1 N–H and O–H groups in total. The standard InChI is InChI=1S/C21H23NO6S/c1-5-27-17-12-14(7-9-16(17)28-13(2)20(24)22(3)4)6-8-15(23)18-10-11-19(29-18)21(25)26/h6-13H,5H2,1-4H3,(H,25,26)/b8-6+/t13-/m1/s1. The summed E-state index contributed by atoms with van der Waals surface area (Å²) in [4.78, 5) is 37.1. The number of likely N-dealkylation sites (N-methyl/N-ethyl adjacent to an activating group) is 1. The van der Waals surface area contributed by atoms with Gasteiger partial charge in [-0.25, -0.2) is 4.79 Å². The van der Waals surface area contributed by atoms with E-state index >= 15 is 0 Å². The SMILES string of the molecule is CCOc1cc(/C=C/C(=O)c2ccc(C(=O)O)s2)ccc1O[C@H](C)C(=O)N(C)C. The predicted octanol–water partition coefficient (Wildman–Crippen LogP) is 3.60. The van der Waals surface area contributed by atoms with Gasteiger partial charge < -0.3 is 19.5 Å². The number of rotatable bonds is 9. The molecule has 1 aromatic heterocycles. The van der Waals surface area contributed by atoms with Gasteiger partial charge in [0.1, 0.15) is 4.88 Å². The van der Waals surface area contributed by atoms with E-state index in [2.05, 4.69) is 0 Å². The second-order valence-electron chi connectivity index (χ2n) is 6.30. The predicted molar refractivity (Wildman–Crippen MR) is 111 cm³/mol. The Morgan fingerprint density at radius 3 is 2.41 bits per heavy atom. The summed E-state index contributed by atoms with van der Waals surface area (Å²) in [5.41, 5.74) is 0.704. The lowest BCUT2D eigenvalue weighted by molar-refractivity contribution is -0.135. The number of aromatic carboxylic acids is 1. The Morgan fingerprint density at radius 1 is 1.14 bits per heavy atom. The van der Waals surface area contributed by atoms with E-state index in [-0.39, 0.29) is 16.6 Å². The van der Waals surface area contributed by atoms with E-state index in [1.165, 1.54) is 23.1 Å². The molecule has 2 rings (SSSR count). The zero-order chi connectivity index (χ0) is 21.6. The number of ether oxygens (including phenoxy) is 2. The van der Waals surface area contributed by atoms with Gasteiger partial charge in [-0.1, -0.05) is 12.1 Å². The van der Waals surface area contributed by atoms with Crippen LogP contribution >= 0.6 is 11.3 Å². The Morgan fingerprint density at radius 2 is 1.83 bits per heavy atom. The third kappa shape index (κ3) is 5.92. The summed E-state index contributed by atoms with van der Waals surface area (Å²) in [5, 5.41) is 8.95. The molecule has 7 nitrogen and oxygen atoms in total. The van der Waals surface area contributed by atoms with Crippen LogP contribution in [0.2, 0.25) is 0 Å². The van der Waals surface area contributed by atoms with Crippen molar-refractivity contribution in [2.24, 2.45) is 0 Å². The Hall–Kier alpha value is -3.13. The van der Waals surface area contributed by atoms with Gasteiger partial charge in [-0.05, 0) is 49.8 Å². The van der Waals surface area contributed by atoms with Crippen LogP contribution < -0.4 is 9.47 Å². The summed E-state index contributed by atoms with van der Waals surface area (Å²) in [7, 11) is 3.31. The van der Waals surface area contributed by atoms with Crippen LogP contribution in [-0.2, 0) is 4.79 Å². The molecule has 0 aliphatic carbocycles. The second kappa shape index (κ2) is 9.88. The number of thiophene rings is 1. The molecule has 0 bridgehead atoms. The monoisotopic (exact) mass is 417 g/mol. The Kier molecular flexibility index (Phi) is 7.55. The minimum atomic E-state index is -1.06. The number of amides is 1. The van der Waals surface area contributed by atoms with E-state index in [9.17, 15) is 14.4 Å². The van der Waals surface area contributed by atoms with Crippen LogP contribution in [0.4, 0.5) is 0 Å². The number of benzene rings is 1. The first kappa shape index (κ1) is 22.2. The first-order valence-electron chi connectivity index (χ1n) is 8.93. The third-order valence-corrected chi connectivity index (χ3v) is 4.93. The van der Waals surface area contributed by atoms with Crippen LogP contribution in [0.3, 0.4) is 0 Å². The van der Waals surface area contributed by atoms with Crippen LogP contribution in [0, 0.1) is 0 Å². The number of allylic oxidation sites excluding steroid dienone is 1. The minimum Gasteiger partial charge on any atom is -0.490 e. The molecule has 0 aliphatic rings. The average molecular weight is 417 g/mol. The van der Waals surface area contributed by atoms with Crippen molar-refractivity contribution in [3.63, 3.8) is 0 Å². The van der Waals surface area contributed by atoms with Crippen LogP contribution in [0.15, 0.2) is 36.4 Å². The molecule has 1 atom stereocenters. The highest BCUT2D eigenvalue weighted by Gasteiger charge is 2.18. The summed E-state index contributed by atoms with van der Waals surface area (Å²) >= 11 is 0.929. The van der Waals surface area contributed by atoms with Crippen LogP contribution in [-0.4, -0.2) is 54.5 Å². The summed E-state index contributed by atoms with van der Waals surface area (Å²) in [6.45, 7) is 3.91. The quantitative estimate of drug-likeness (QED) is 0.495. The van der Waals surface area contributed by atoms with Gasteiger partial charge in [0.05, 0.1) is 11.5 Å². The zero-order valence-corrected chi connectivity index (χ0v) is 17.5. The Labute approximate surface area is 173 Å². The van der Waals surface area contributed by atoms with E-state index in [0.29, 0.717) is 28.5 Å². The lowest BCUT2D eigenvalue weighted by Gasteiger charge is -2.20. The van der Waals surface area contributed by atoms with Gasteiger partial charge in [0, 0.05) is 14.1 Å². The highest BCUT2D eigenvalue weighted by atomic mass is 32.1. The maximum Gasteiger partial charge on any atom is 0.345 e. The molecule has 1 heterocycles. The van der Waals surface area contributed by atoms with Gasteiger partial charge in [0.25, 0.3) is 5.91 Å². The average Bonchev–Trinajstić information content (AvgIpc) is 3.18. The lowest BCUT2D eigenvalue weighted by atomic mass is 10.1. The highest BCUT2D eigenvalue weighted by molar-refractivity contribution is 7.16. The largest absolute Gasteiger partial charge is 0.490 e. The summed E-state index contributed by atoms with van der Waals surface area (Å²) in [6, 6.07) is 8.04. The molecule has 29 heavy (non-hydrogen) atoms. The molecule has 0 radical (unpaired) electrons. The third-order valence-electron chi connectivity index (χ3n) is 3.85. The fraction of sp³-hybridized carbons (Fsp3) is 0.286. The van der Waals surface area contributed by atoms with Crippen LogP contribution in [0.25, 0.3) is 6.08 Å². The lowest BCUT2D eigenvalue weighted by Crippen LogP contribution is -2.35. The van der Waals surface area contributed by atoms with Gasteiger partial charge in [-0.15, -0.1) is 11.3 Å². The molecule has 0 saturated carbocycles. The van der Waals surface area contributed by atoms with Crippen molar-refractivity contribution in [2.45, 2.75) is 20.0 Å². The fourth-order valence-corrected chi connectivity index (χ4v) is 3.20. The van der Waals surface area contributed by atoms with E-state index < -0.39 is 12.1 Å². The molecule has 0 saturated heterocycles. The molecule has 0 aliphatic heterocycles. The number of carbonyl (C=O) groups excluding carboxylic acids is 2. The Balaban J connectivity index is 2.17. The maximum absolute atomic E-state index is 12.2. The maximum atomic E-state index is 12.2. The second-order valence-corrected chi connectivity index (χ2v) is 7.38. The minimum absolute atomic E-state index is 0.114. The zero-order valence-electron chi connectivity index (χ0n) is 16.7. The molecular formula is C21H23NO6S. The van der Waals surface area contributed by atoms with Crippen molar-refractivity contribution in [2.75, 3.05) is 20.7 Å². The van der Waals surface area contributed by atoms with Crippen molar-refractivity contribution in [1.82, 2.24) is 4.90 Å². The molecule has 154 valence electrons. The first-order valence-corrected chi connectivity index (χ1v) is 9.74. The normalized spacial score (nSPS) is 11.9. The van der Waals surface area contributed by atoms with Crippen molar-refractivity contribution >= 4 is 35.1 Å². The molecule has 1 aromatic carbocycles. The molecule has 2 aromatic rings. The summed E-state index contributed by atoms with van der Waals surface area (Å²) < 4.78 is 11.3. The first-order chi connectivity index (χ1) is 13.7. The van der Waals surface area contributed by atoms with Crippen molar-refractivity contribution in [1.29, 1.82) is 0 Å². The van der Waals surface area contributed by atoms with E-state index in [0.717, 1.165) is 11.3 Å². The smallest absolute Gasteiger partial charge is 0.345 e. The molecule has 0 unspecified atom stereocenters. The summed E-state index contributed by atoms with van der Waals surface area (Å²) in [5.74, 6) is -0.617. The summed E-state index contributed by atoms with van der Waals surface area (Å²) in [6.07, 6.45) is 2.32. The van der Waals surface area contributed by atoms with Crippen LogP contribution in [0.5, 0.6) is 11.5 Å². The number of hydrogen-bond donors (Lipinski definition) is 1. The molecule has 8 heteroatoms. The van der Waals surface area contributed by atoms with Gasteiger partial charge in [-0.2, -0.15) is 0 Å².